The van der Waals surface area contributed by atoms with Gasteiger partial charge in [0.05, 0.1) is 6.10 Å². The minimum absolute atomic E-state index is 0.202. The van der Waals surface area contributed by atoms with Crippen molar-refractivity contribution in [3.05, 3.63) is 59.7 Å². The fourth-order valence-electron chi connectivity index (χ4n) is 3.67. The number of hydrogen-bond donors (Lipinski definition) is 5. The van der Waals surface area contributed by atoms with Gasteiger partial charge in [0.1, 0.15) is 12.2 Å². The van der Waals surface area contributed by atoms with Crippen molar-refractivity contribution < 1.29 is 59.5 Å². The highest BCUT2D eigenvalue weighted by Gasteiger charge is 2.54. The lowest BCUT2D eigenvalue weighted by molar-refractivity contribution is -0.343. The van der Waals surface area contributed by atoms with E-state index in [1.807, 2.05) is 0 Å². The zero-order chi connectivity index (χ0) is 28.7. The van der Waals surface area contributed by atoms with E-state index in [1.165, 1.54) is 74.5 Å². The summed E-state index contributed by atoms with van der Waals surface area (Å²) in [5.74, 6) is -3.20. The number of aromatic hydroxyl groups is 2. The lowest BCUT2D eigenvalue weighted by atomic mass is 9.79. The second kappa shape index (κ2) is 12.5. The second-order valence-electron chi connectivity index (χ2n) is 8.99. The fourth-order valence-corrected chi connectivity index (χ4v) is 3.67. The Morgan fingerprint density at radius 1 is 0.846 bits per heavy atom. The van der Waals surface area contributed by atoms with Crippen molar-refractivity contribution in [2.24, 2.45) is 0 Å². The van der Waals surface area contributed by atoms with E-state index in [2.05, 4.69) is 0 Å². The van der Waals surface area contributed by atoms with E-state index in [0.717, 1.165) is 0 Å². The highest BCUT2D eigenvalue weighted by atomic mass is 17.2. The number of carbonyl (C=O) groups excluding carboxylic acids is 2. The molecule has 5 N–H and O–H groups in total. The van der Waals surface area contributed by atoms with Crippen molar-refractivity contribution in [2.45, 2.75) is 50.6 Å². The third kappa shape index (κ3) is 7.65. The summed E-state index contributed by atoms with van der Waals surface area (Å²) < 4.78 is 0. The van der Waals surface area contributed by atoms with Crippen LogP contribution >= 0.6 is 0 Å². The number of ketones is 2. The smallest absolute Gasteiger partial charge is 0.340 e. The lowest BCUT2D eigenvalue weighted by Gasteiger charge is -2.40. The SMILES string of the molecule is CC(=O)C=Cc1ccc(O)c(OO[C@@H]2C[C@@](OOc3cc(C=CC(C)=O)ccc3O)(C(=O)O)C[C@H](O)[C@@H]2O)c1. The van der Waals surface area contributed by atoms with E-state index in [4.69, 9.17) is 19.6 Å². The van der Waals surface area contributed by atoms with E-state index >= 15 is 0 Å². The maximum Gasteiger partial charge on any atom is 0.340 e. The molecule has 1 aliphatic carbocycles. The summed E-state index contributed by atoms with van der Waals surface area (Å²) in [5, 5.41) is 51.0. The molecule has 0 aliphatic heterocycles. The summed E-state index contributed by atoms with van der Waals surface area (Å²) in [6.07, 6.45) is -0.406. The van der Waals surface area contributed by atoms with Crippen LogP contribution in [0.3, 0.4) is 0 Å². The Kier molecular flexibility index (Phi) is 9.43. The molecule has 208 valence electrons. The normalized spacial score (nSPS) is 23.1. The molecule has 1 aliphatic rings. The molecular formula is C27H28O12. The first-order chi connectivity index (χ1) is 18.4. The third-order valence-corrected chi connectivity index (χ3v) is 5.78. The molecule has 12 heteroatoms. The van der Waals surface area contributed by atoms with Crippen molar-refractivity contribution in [2.75, 3.05) is 0 Å². The zero-order valence-corrected chi connectivity index (χ0v) is 21.0. The highest BCUT2D eigenvalue weighted by Crippen LogP contribution is 2.38. The van der Waals surface area contributed by atoms with Crippen molar-refractivity contribution in [3.8, 4) is 23.0 Å². The van der Waals surface area contributed by atoms with Gasteiger partial charge in [-0.2, -0.15) is 9.78 Å². The summed E-state index contributed by atoms with van der Waals surface area (Å²) in [5.41, 5.74) is -1.33. The van der Waals surface area contributed by atoms with Crippen molar-refractivity contribution in [1.29, 1.82) is 0 Å². The number of carboxylic acids is 1. The predicted molar refractivity (Wildman–Crippen MR) is 134 cm³/mol. The van der Waals surface area contributed by atoms with Gasteiger partial charge in [-0.05, 0) is 61.4 Å². The number of hydrogen-bond acceptors (Lipinski definition) is 11. The van der Waals surface area contributed by atoms with Gasteiger partial charge in [0, 0.05) is 12.8 Å². The molecule has 12 nitrogen and oxygen atoms in total. The van der Waals surface area contributed by atoms with E-state index in [-0.39, 0.29) is 28.8 Å². The van der Waals surface area contributed by atoms with Crippen LogP contribution in [-0.4, -0.2) is 67.0 Å². The fraction of sp³-hybridized carbons (Fsp3) is 0.296. The molecule has 3 rings (SSSR count). The van der Waals surface area contributed by atoms with Gasteiger partial charge in [0.2, 0.25) is 17.1 Å². The maximum atomic E-state index is 12.2. The van der Waals surface area contributed by atoms with Crippen LogP contribution in [0.4, 0.5) is 0 Å². The molecule has 2 aromatic carbocycles. The number of carboxylic acid groups (broad SMARTS) is 1. The molecule has 39 heavy (non-hydrogen) atoms. The molecule has 0 saturated heterocycles. The molecule has 0 amide bonds. The highest BCUT2D eigenvalue weighted by molar-refractivity contribution is 5.92. The van der Waals surface area contributed by atoms with Crippen molar-refractivity contribution in [3.63, 3.8) is 0 Å². The van der Waals surface area contributed by atoms with Gasteiger partial charge in [0.25, 0.3) is 0 Å². The van der Waals surface area contributed by atoms with Crippen LogP contribution in [0, 0.1) is 0 Å². The first-order valence-corrected chi connectivity index (χ1v) is 11.7. The lowest BCUT2D eigenvalue weighted by Crippen LogP contribution is -2.58. The molecule has 0 aromatic heterocycles. The van der Waals surface area contributed by atoms with Crippen LogP contribution in [0.1, 0.15) is 37.8 Å². The summed E-state index contributed by atoms with van der Waals surface area (Å²) in [6, 6.07) is 8.14. The van der Waals surface area contributed by atoms with Gasteiger partial charge in [-0.1, -0.05) is 24.3 Å². The van der Waals surface area contributed by atoms with E-state index in [0.29, 0.717) is 11.1 Å². The van der Waals surface area contributed by atoms with Crippen molar-refractivity contribution in [1.82, 2.24) is 0 Å². The molecule has 0 radical (unpaired) electrons. The van der Waals surface area contributed by atoms with Gasteiger partial charge in [-0.15, -0.1) is 0 Å². The van der Waals surface area contributed by atoms with Gasteiger partial charge >= 0.3 is 5.97 Å². The Bertz CT molecular complexity index is 1280. The van der Waals surface area contributed by atoms with Gasteiger partial charge in [-0.3, -0.25) is 9.59 Å². The maximum absolute atomic E-state index is 12.2. The number of aliphatic hydroxyl groups excluding tert-OH is 2. The Morgan fingerprint density at radius 2 is 1.36 bits per heavy atom. The predicted octanol–water partition coefficient (Wildman–Crippen LogP) is 2.33. The van der Waals surface area contributed by atoms with Crippen LogP contribution in [0.5, 0.6) is 23.0 Å². The summed E-state index contributed by atoms with van der Waals surface area (Å²) in [7, 11) is 0. The first kappa shape index (κ1) is 29.3. The quantitative estimate of drug-likeness (QED) is 0.158. The molecule has 0 spiro atoms. The Balaban J connectivity index is 1.78. The third-order valence-electron chi connectivity index (χ3n) is 5.78. The van der Waals surface area contributed by atoms with Crippen LogP contribution in [0.15, 0.2) is 48.6 Å². The number of rotatable bonds is 11. The number of benzene rings is 2. The monoisotopic (exact) mass is 544 g/mol. The standard InChI is InChI=1S/C27H28O12/c1-15(28)3-5-17-7-9-19(30)22(11-17)36-37-24-14-27(26(34)35,13-21(32)25(24)33)39-38-23-12-18(6-4-16(2)29)8-10-20(23)31/h3-12,21,24-25,30-33H,13-14H2,1-2H3,(H,34,35)/t21-,24+,25-,27+/m0/s1. The van der Waals surface area contributed by atoms with Gasteiger partial charge in [-0.25, -0.2) is 4.79 Å². The summed E-state index contributed by atoms with van der Waals surface area (Å²) in [6.45, 7) is 2.71. The molecule has 0 unspecified atom stereocenters. The summed E-state index contributed by atoms with van der Waals surface area (Å²) >= 11 is 0. The van der Waals surface area contributed by atoms with Gasteiger partial charge in [0.15, 0.2) is 23.1 Å². The number of carbonyl (C=O) groups is 3. The molecule has 0 bridgehead atoms. The molecule has 2 aromatic rings. The minimum Gasteiger partial charge on any atom is -0.504 e. The van der Waals surface area contributed by atoms with E-state index in [1.54, 1.807) is 0 Å². The molecular weight excluding hydrogens is 516 g/mol. The Morgan fingerprint density at radius 3 is 1.85 bits per heavy atom. The topological polar surface area (TPSA) is 189 Å². The molecule has 1 saturated carbocycles. The van der Waals surface area contributed by atoms with Crippen molar-refractivity contribution >= 4 is 29.7 Å². The average molecular weight is 545 g/mol. The number of phenolic OH excluding ortho intramolecular Hbond substituents is 2. The van der Waals surface area contributed by atoms with Crippen LogP contribution in [0.2, 0.25) is 0 Å². The largest absolute Gasteiger partial charge is 0.504 e. The average Bonchev–Trinajstić information content (AvgIpc) is 2.88. The van der Waals surface area contributed by atoms with Crippen LogP contribution < -0.4 is 9.78 Å². The molecule has 1 fully saturated rings. The molecule has 0 heterocycles. The number of aliphatic carboxylic acids is 1. The molecule has 4 atom stereocenters. The summed E-state index contributed by atoms with van der Waals surface area (Å²) in [4.78, 5) is 55.4. The van der Waals surface area contributed by atoms with E-state index in [9.17, 15) is 39.9 Å². The first-order valence-electron chi connectivity index (χ1n) is 11.7. The van der Waals surface area contributed by atoms with Gasteiger partial charge < -0.3 is 35.3 Å². The number of allylic oxidation sites excluding steroid dienone is 2. The zero-order valence-electron chi connectivity index (χ0n) is 21.0. The van der Waals surface area contributed by atoms with Crippen LogP contribution in [-0.2, 0) is 24.2 Å². The van der Waals surface area contributed by atoms with Crippen LogP contribution in [0.25, 0.3) is 12.2 Å². The Hall–Kier alpha value is -4.23. The minimum atomic E-state index is -2.25. The van der Waals surface area contributed by atoms with E-state index < -0.39 is 48.5 Å². The Labute approximate surface area is 222 Å². The second-order valence-corrected chi connectivity index (χ2v) is 8.99. The number of phenols is 2. The number of aliphatic hydroxyl groups is 2.